The molecule has 1 heterocycles. The van der Waals surface area contributed by atoms with E-state index in [4.69, 9.17) is 0 Å². The van der Waals surface area contributed by atoms with E-state index in [0.29, 0.717) is 5.69 Å². The molecule has 100 valence electrons. The number of nitrogens with one attached hydrogen (secondary N) is 2. The standard InChI is InChI=1S/C11H17N3O4/c1-12-10(18)9-4-8(2-3-13-9)14-11(5-15,6-16)7-17/h2-4,15-17H,5-7H2,1H3,(H,12,18)(H,13,14). The number of carbonyl (C=O) groups is 1. The Kier molecular flexibility index (Phi) is 5.02. The molecule has 0 saturated heterocycles. The molecule has 18 heavy (non-hydrogen) atoms. The molecular weight excluding hydrogens is 238 g/mol. The predicted molar refractivity (Wildman–Crippen MR) is 65.2 cm³/mol. The van der Waals surface area contributed by atoms with Crippen LogP contribution in [-0.4, -0.2) is 58.6 Å². The topological polar surface area (TPSA) is 115 Å². The molecule has 0 aliphatic rings. The number of anilines is 1. The second-order valence-corrected chi connectivity index (χ2v) is 3.89. The van der Waals surface area contributed by atoms with E-state index in [1.54, 1.807) is 6.07 Å². The number of hydrogen-bond donors (Lipinski definition) is 5. The van der Waals surface area contributed by atoms with E-state index in [0.717, 1.165) is 0 Å². The van der Waals surface area contributed by atoms with Gasteiger partial charge in [0.1, 0.15) is 11.2 Å². The first-order valence-corrected chi connectivity index (χ1v) is 5.39. The molecule has 0 fully saturated rings. The van der Waals surface area contributed by atoms with Gasteiger partial charge in [0.25, 0.3) is 5.91 Å². The van der Waals surface area contributed by atoms with Crippen LogP contribution in [0.25, 0.3) is 0 Å². The Labute approximate surface area is 104 Å². The Morgan fingerprint density at radius 3 is 2.44 bits per heavy atom. The quantitative estimate of drug-likeness (QED) is 0.426. The van der Waals surface area contributed by atoms with E-state index in [2.05, 4.69) is 15.6 Å². The minimum atomic E-state index is -1.23. The Morgan fingerprint density at radius 2 is 1.94 bits per heavy atom. The van der Waals surface area contributed by atoms with Crippen LogP contribution in [0.3, 0.4) is 0 Å². The molecular formula is C11H17N3O4. The van der Waals surface area contributed by atoms with Crippen LogP contribution in [0.15, 0.2) is 18.3 Å². The number of aliphatic hydroxyl groups is 3. The van der Waals surface area contributed by atoms with Gasteiger partial charge in [-0.25, -0.2) is 0 Å². The highest BCUT2D eigenvalue weighted by Crippen LogP contribution is 2.15. The molecule has 0 bridgehead atoms. The van der Waals surface area contributed by atoms with Gasteiger partial charge in [-0.15, -0.1) is 0 Å². The Bertz CT molecular complexity index is 399. The molecule has 7 nitrogen and oxygen atoms in total. The molecule has 0 aromatic carbocycles. The highest BCUT2D eigenvalue weighted by Gasteiger charge is 2.27. The van der Waals surface area contributed by atoms with E-state index in [-0.39, 0.29) is 11.6 Å². The normalized spacial score (nSPS) is 11.1. The average Bonchev–Trinajstić information content (AvgIpc) is 2.44. The summed E-state index contributed by atoms with van der Waals surface area (Å²) in [5.41, 5.74) is -0.563. The molecule has 0 aliphatic carbocycles. The van der Waals surface area contributed by atoms with Gasteiger partial charge in [-0.1, -0.05) is 0 Å². The smallest absolute Gasteiger partial charge is 0.269 e. The molecule has 0 radical (unpaired) electrons. The van der Waals surface area contributed by atoms with Gasteiger partial charge in [0.05, 0.1) is 19.8 Å². The number of amides is 1. The van der Waals surface area contributed by atoms with Crippen molar-refractivity contribution in [3.8, 4) is 0 Å². The van der Waals surface area contributed by atoms with E-state index in [1.807, 2.05) is 0 Å². The highest BCUT2D eigenvalue weighted by molar-refractivity contribution is 5.92. The van der Waals surface area contributed by atoms with Crippen molar-refractivity contribution in [2.45, 2.75) is 5.54 Å². The molecule has 0 atom stereocenters. The fraction of sp³-hybridized carbons (Fsp3) is 0.455. The van der Waals surface area contributed by atoms with Crippen LogP contribution in [-0.2, 0) is 0 Å². The Balaban J connectivity index is 2.93. The number of pyridine rings is 1. The van der Waals surface area contributed by atoms with Gasteiger partial charge in [0.2, 0.25) is 0 Å². The van der Waals surface area contributed by atoms with E-state index in [9.17, 15) is 20.1 Å². The summed E-state index contributed by atoms with van der Waals surface area (Å²) in [7, 11) is 1.49. The van der Waals surface area contributed by atoms with Crippen molar-refractivity contribution in [2.24, 2.45) is 0 Å². The van der Waals surface area contributed by atoms with Crippen LogP contribution in [0.4, 0.5) is 5.69 Å². The van der Waals surface area contributed by atoms with Gasteiger partial charge >= 0.3 is 0 Å². The lowest BCUT2D eigenvalue weighted by Gasteiger charge is -2.29. The minimum absolute atomic E-state index is 0.199. The molecule has 1 rings (SSSR count). The Hall–Kier alpha value is -1.70. The molecule has 7 heteroatoms. The zero-order valence-corrected chi connectivity index (χ0v) is 10.1. The lowest BCUT2D eigenvalue weighted by molar-refractivity contribution is 0.0833. The summed E-state index contributed by atoms with van der Waals surface area (Å²) in [6.45, 7) is -1.34. The third kappa shape index (κ3) is 3.16. The van der Waals surface area contributed by atoms with Gasteiger partial charge in [0.15, 0.2) is 0 Å². The molecule has 0 saturated carbocycles. The summed E-state index contributed by atoms with van der Waals surface area (Å²) < 4.78 is 0. The molecule has 5 N–H and O–H groups in total. The largest absolute Gasteiger partial charge is 0.394 e. The highest BCUT2D eigenvalue weighted by atomic mass is 16.3. The summed E-state index contributed by atoms with van der Waals surface area (Å²) in [5, 5.41) is 32.8. The number of carbonyl (C=O) groups excluding carboxylic acids is 1. The summed E-state index contributed by atoms with van der Waals surface area (Å²) >= 11 is 0. The minimum Gasteiger partial charge on any atom is -0.394 e. The maximum Gasteiger partial charge on any atom is 0.269 e. The maximum absolute atomic E-state index is 11.4. The van der Waals surface area contributed by atoms with E-state index >= 15 is 0 Å². The fourth-order valence-corrected chi connectivity index (χ4v) is 1.34. The average molecular weight is 255 g/mol. The number of hydrogen-bond acceptors (Lipinski definition) is 6. The van der Waals surface area contributed by atoms with Gasteiger partial charge in [-0.3, -0.25) is 9.78 Å². The first kappa shape index (κ1) is 14.4. The summed E-state index contributed by atoms with van der Waals surface area (Å²) in [6.07, 6.45) is 1.42. The molecule has 0 aliphatic heterocycles. The van der Waals surface area contributed by atoms with Crippen molar-refractivity contribution in [3.05, 3.63) is 24.0 Å². The van der Waals surface area contributed by atoms with Crippen molar-refractivity contribution in [2.75, 3.05) is 32.2 Å². The van der Waals surface area contributed by atoms with E-state index in [1.165, 1.54) is 19.3 Å². The number of aromatic nitrogens is 1. The predicted octanol–water partition coefficient (Wildman–Crippen LogP) is -1.43. The van der Waals surface area contributed by atoms with Crippen LogP contribution >= 0.6 is 0 Å². The van der Waals surface area contributed by atoms with Crippen LogP contribution in [0.1, 0.15) is 10.5 Å². The summed E-state index contributed by atoms with van der Waals surface area (Å²) in [5.74, 6) is -0.346. The zero-order chi connectivity index (χ0) is 13.6. The van der Waals surface area contributed by atoms with Crippen molar-refractivity contribution < 1.29 is 20.1 Å². The second-order valence-electron chi connectivity index (χ2n) is 3.89. The third-order valence-corrected chi connectivity index (χ3v) is 2.54. The van der Waals surface area contributed by atoms with Crippen molar-refractivity contribution in [1.29, 1.82) is 0 Å². The Morgan fingerprint density at radius 1 is 1.33 bits per heavy atom. The molecule has 0 spiro atoms. The van der Waals surface area contributed by atoms with Crippen LogP contribution in [0, 0.1) is 0 Å². The molecule has 0 unspecified atom stereocenters. The van der Waals surface area contributed by atoms with Gasteiger partial charge in [-0.05, 0) is 12.1 Å². The number of rotatable bonds is 6. The molecule has 1 amide bonds. The zero-order valence-electron chi connectivity index (χ0n) is 10.1. The first-order chi connectivity index (χ1) is 8.60. The third-order valence-electron chi connectivity index (χ3n) is 2.54. The molecule has 1 aromatic heterocycles. The van der Waals surface area contributed by atoms with E-state index < -0.39 is 25.4 Å². The van der Waals surface area contributed by atoms with Crippen LogP contribution < -0.4 is 10.6 Å². The summed E-state index contributed by atoms with van der Waals surface area (Å²) in [6, 6.07) is 3.04. The maximum atomic E-state index is 11.4. The lowest BCUT2D eigenvalue weighted by Crippen LogP contribution is -2.49. The fourth-order valence-electron chi connectivity index (χ4n) is 1.34. The number of aliphatic hydroxyl groups excluding tert-OH is 3. The molecule has 1 aromatic rings. The SMILES string of the molecule is CNC(=O)c1cc(NC(CO)(CO)CO)ccn1. The number of nitrogens with zero attached hydrogens (tertiary/aromatic N) is 1. The van der Waals surface area contributed by atoms with Gasteiger partial charge < -0.3 is 26.0 Å². The first-order valence-electron chi connectivity index (χ1n) is 5.39. The van der Waals surface area contributed by atoms with Crippen LogP contribution in [0.5, 0.6) is 0 Å². The van der Waals surface area contributed by atoms with Crippen molar-refractivity contribution in [1.82, 2.24) is 10.3 Å². The lowest BCUT2D eigenvalue weighted by atomic mass is 10.0. The summed E-state index contributed by atoms with van der Waals surface area (Å²) in [4.78, 5) is 15.3. The van der Waals surface area contributed by atoms with Crippen LogP contribution in [0.2, 0.25) is 0 Å². The van der Waals surface area contributed by atoms with Gasteiger partial charge in [-0.2, -0.15) is 0 Å². The van der Waals surface area contributed by atoms with Crippen molar-refractivity contribution in [3.63, 3.8) is 0 Å². The van der Waals surface area contributed by atoms with Gasteiger partial charge in [0, 0.05) is 18.9 Å². The monoisotopic (exact) mass is 255 g/mol. The van der Waals surface area contributed by atoms with Crippen molar-refractivity contribution >= 4 is 11.6 Å². The second kappa shape index (κ2) is 6.29.